The van der Waals surface area contributed by atoms with Crippen molar-refractivity contribution in [2.45, 2.75) is 11.9 Å². The minimum absolute atomic E-state index is 0.0738. The van der Waals surface area contributed by atoms with Crippen LogP contribution in [0, 0.1) is 0 Å². The van der Waals surface area contributed by atoms with E-state index in [-0.39, 0.29) is 29.6 Å². The summed E-state index contributed by atoms with van der Waals surface area (Å²) < 4.78 is 26.0. The number of carboxylic acids is 1. The number of aromatic carboxylic acids is 1. The second kappa shape index (κ2) is 5.78. The normalized spacial score (nSPS) is 16.7. The van der Waals surface area contributed by atoms with Crippen molar-refractivity contribution < 1.29 is 23.1 Å². The lowest BCUT2D eigenvalue weighted by Crippen LogP contribution is -2.50. The molecule has 8 nitrogen and oxygen atoms in total. The molecule has 0 aromatic carbocycles. The minimum atomic E-state index is -3.76. The molecule has 0 unspecified atom stereocenters. The summed E-state index contributed by atoms with van der Waals surface area (Å²) in [5, 5.41) is 8.58. The molecular formula is C12H15N3O5S. The Hall–Kier alpha value is -2.00. The molecule has 114 valence electrons. The highest BCUT2D eigenvalue weighted by atomic mass is 32.2. The number of hydrogen-bond acceptors (Lipinski definition) is 5. The number of carboxylic acid groups (broad SMARTS) is 1. The Morgan fingerprint density at radius 3 is 2.24 bits per heavy atom. The topological polar surface area (TPSA) is 108 Å². The fourth-order valence-electron chi connectivity index (χ4n) is 2.04. The molecule has 2 heterocycles. The fourth-order valence-corrected chi connectivity index (χ4v) is 3.37. The zero-order chi connectivity index (χ0) is 15.6. The van der Waals surface area contributed by atoms with Gasteiger partial charge in [0.2, 0.25) is 5.91 Å². The first-order valence-electron chi connectivity index (χ1n) is 6.27. The number of pyridine rings is 1. The lowest BCUT2D eigenvalue weighted by atomic mass is 10.3. The summed E-state index contributed by atoms with van der Waals surface area (Å²) in [6, 6.07) is 2.38. The molecule has 1 aliphatic heterocycles. The number of sulfonamides is 1. The van der Waals surface area contributed by atoms with Gasteiger partial charge >= 0.3 is 5.97 Å². The van der Waals surface area contributed by atoms with Gasteiger partial charge in [-0.25, -0.2) is 18.2 Å². The zero-order valence-corrected chi connectivity index (χ0v) is 12.2. The number of hydrogen-bond donors (Lipinski definition) is 1. The Balaban J connectivity index is 2.15. The predicted molar refractivity (Wildman–Crippen MR) is 72.2 cm³/mol. The van der Waals surface area contributed by atoms with E-state index >= 15 is 0 Å². The van der Waals surface area contributed by atoms with E-state index in [0.717, 1.165) is 6.20 Å². The third-order valence-corrected chi connectivity index (χ3v) is 5.09. The molecule has 1 aromatic rings. The van der Waals surface area contributed by atoms with E-state index in [1.807, 2.05) is 0 Å². The summed E-state index contributed by atoms with van der Waals surface area (Å²) >= 11 is 0. The van der Waals surface area contributed by atoms with Crippen LogP contribution in [-0.2, 0) is 14.8 Å². The quantitative estimate of drug-likeness (QED) is 0.816. The first kappa shape index (κ1) is 15.4. The largest absolute Gasteiger partial charge is 0.478 e. The fraction of sp³-hybridized carbons (Fsp3) is 0.417. The SMILES string of the molecule is CC(=O)N1CCN(S(=O)(=O)c2ccc(C(=O)O)cn2)CC1. The number of carbonyl (C=O) groups excluding carboxylic acids is 1. The number of amides is 1. The van der Waals surface area contributed by atoms with Crippen LogP contribution in [-0.4, -0.2) is 65.8 Å². The summed E-state index contributed by atoms with van der Waals surface area (Å²) in [7, 11) is -3.76. The van der Waals surface area contributed by atoms with Gasteiger partial charge in [-0.15, -0.1) is 0 Å². The molecule has 1 fully saturated rings. The van der Waals surface area contributed by atoms with Gasteiger partial charge in [-0.05, 0) is 12.1 Å². The highest BCUT2D eigenvalue weighted by Crippen LogP contribution is 2.16. The third kappa shape index (κ3) is 3.19. The van der Waals surface area contributed by atoms with Gasteiger partial charge in [-0.2, -0.15) is 4.31 Å². The molecule has 1 saturated heterocycles. The van der Waals surface area contributed by atoms with E-state index in [0.29, 0.717) is 13.1 Å². The maximum Gasteiger partial charge on any atom is 0.337 e. The maximum absolute atomic E-state index is 12.4. The summed E-state index contributed by atoms with van der Waals surface area (Å²) in [5.41, 5.74) is -0.0738. The molecule has 0 aliphatic carbocycles. The van der Waals surface area contributed by atoms with Crippen molar-refractivity contribution in [2.24, 2.45) is 0 Å². The lowest BCUT2D eigenvalue weighted by molar-refractivity contribution is -0.129. The summed E-state index contributed by atoms with van der Waals surface area (Å²) in [5.74, 6) is -1.25. The Morgan fingerprint density at radius 1 is 1.19 bits per heavy atom. The van der Waals surface area contributed by atoms with Crippen LogP contribution in [0.1, 0.15) is 17.3 Å². The first-order valence-corrected chi connectivity index (χ1v) is 7.71. The second-order valence-electron chi connectivity index (χ2n) is 4.60. The standard InChI is InChI=1S/C12H15N3O5S/c1-9(16)14-4-6-15(7-5-14)21(19,20)11-3-2-10(8-13-11)12(17)18/h2-3,8H,4-7H2,1H3,(H,17,18). The summed E-state index contributed by atoms with van der Waals surface area (Å²) in [6.07, 6.45) is 1.01. The van der Waals surface area contributed by atoms with E-state index in [1.54, 1.807) is 4.90 Å². The molecular weight excluding hydrogens is 298 g/mol. The van der Waals surface area contributed by atoms with Crippen LogP contribution in [0.4, 0.5) is 0 Å². The Morgan fingerprint density at radius 2 is 1.81 bits per heavy atom. The van der Waals surface area contributed by atoms with E-state index < -0.39 is 16.0 Å². The molecule has 9 heteroatoms. The van der Waals surface area contributed by atoms with E-state index in [9.17, 15) is 18.0 Å². The highest BCUT2D eigenvalue weighted by Gasteiger charge is 2.30. The smallest absolute Gasteiger partial charge is 0.337 e. The highest BCUT2D eigenvalue weighted by molar-refractivity contribution is 7.89. The second-order valence-corrected chi connectivity index (χ2v) is 6.49. The first-order chi connectivity index (χ1) is 9.82. The molecule has 1 aromatic heterocycles. The van der Waals surface area contributed by atoms with Gasteiger partial charge in [0, 0.05) is 39.3 Å². The molecule has 0 radical (unpaired) electrons. The van der Waals surface area contributed by atoms with Gasteiger partial charge in [-0.1, -0.05) is 0 Å². The van der Waals surface area contributed by atoms with Crippen LogP contribution < -0.4 is 0 Å². The Kier molecular flexibility index (Phi) is 4.24. The average molecular weight is 313 g/mol. The predicted octanol–water partition coefficient (Wildman–Crippen LogP) is -0.367. The molecule has 0 spiro atoms. The van der Waals surface area contributed by atoms with Crippen molar-refractivity contribution in [1.29, 1.82) is 0 Å². The molecule has 0 atom stereocenters. The molecule has 1 amide bonds. The van der Waals surface area contributed by atoms with Gasteiger partial charge in [0.05, 0.1) is 5.56 Å². The number of nitrogens with zero attached hydrogens (tertiary/aromatic N) is 3. The molecule has 21 heavy (non-hydrogen) atoms. The maximum atomic E-state index is 12.4. The van der Waals surface area contributed by atoms with Crippen molar-refractivity contribution in [3.8, 4) is 0 Å². The van der Waals surface area contributed by atoms with Gasteiger partial charge in [0.25, 0.3) is 10.0 Å². The van der Waals surface area contributed by atoms with Crippen LogP contribution in [0.5, 0.6) is 0 Å². The Labute approximate surface area is 122 Å². The van der Waals surface area contributed by atoms with Crippen LogP contribution in [0.25, 0.3) is 0 Å². The summed E-state index contributed by atoms with van der Waals surface area (Å²) in [6.45, 7) is 2.51. The van der Waals surface area contributed by atoms with Gasteiger partial charge < -0.3 is 10.0 Å². The van der Waals surface area contributed by atoms with Gasteiger partial charge in [-0.3, -0.25) is 4.79 Å². The number of aromatic nitrogens is 1. The molecule has 1 N–H and O–H groups in total. The van der Waals surface area contributed by atoms with Crippen molar-refractivity contribution in [3.05, 3.63) is 23.9 Å². The summed E-state index contributed by atoms with van der Waals surface area (Å²) in [4.78, 5) is 27.2. The zero-order valence-electron chi connectivity index (χ0n) is 11.4. The molecule has 0 saturated carbocycles. The lowest BCUT2D eigenvalue weighted by Gasteiger charge is -2.33. The average Bonchev–Trinajstić information content (AvgIpc) is 2.47. The van der Waals surface area contributed by atoms with Crippen molar-refractivity contribution >= 4 is 21.9 Å². The third-order valence-electron chi connectivity index (χ3n) is 3.27. The van der Waals surface area contributed by atoms with Crippen molar-refractivity contribution in [3.63, 3.8) is 0 Å². The monoisotopic (exact) mass is 313 g/mol. The van der Waals surface area contributed by atoms with Crippen LogP contribution in [0.3, 0.4) is 0 Å². The van der Waals surface area contributed by atoms with Crippen molar-refractivity contribution in [2.75, 3.05) is 26.2 Å². The number of rotatable bonds is 3. The van der Waals surface area contributed by atoms with Gasteiger partial charge in [0.1, 0.15) is 0 Å². The van der Waals surface area contributed by atoms with Crippen LogP contribution in [0.15, 0.2) is 23.4 Å². The van der Waals surface area contributed by atoms with Crippen LogP contribution >= 0.6 is 0 Å². The van der Waals surface area contributed by atoms with E-state index in [4.69, 9.17) is 5.11 Å². The van der Waals surface area contributed by atoms with Crippen molar-refractivity contribution in [1.82, 2.24) is 14.2 Å². The number of piperazine rings is 1. The molecule has 0 bridgehead atoms. The molecule has 1 aliphatic rings. The van der Waals surface area contributed by atoms with Crippen LogP contribution in [0.2, 0.25) is 0 Å². The number of carbonyl (C=O) groups is 2. The minimum Gasteiger partial charge on any atom is -0.478 e. The van der Waals surface area contributed by atoms with Gasteiger partial charge in [0.15, 0.2) is 5.03 Å². The molecule has 2 rings (SSSR count). The Bertz CT molecular complexity index is 648. The van der Waals surface area contributed by atoms with E-state index in [2.05, 4.69) is 4.98 Å². The van der Waals surface area contributed by atoms with E-state index in [1.165, 1.54) is 23.4 Å².